The Balaban J connectivity index is 1.86. The van der Waals surface area contributed by atoms with Gasteiger partial charge in [0.1, 0.15) is 12.1 Å². The van der Waals surface area contributed by atoms with Crippen LogP contribution < -0.4 is 10.1 Å². The van der Waals surface area contributed by atoms with E-state index in [1.54, 1.807) is 7.11 Å². The third-order valence-corrected chi connectivity index (χ3v) is 2.88. The van der Waals surface area contributed by atoms with Crippen molar-refractivity contribution in [2.75, 3.05) is 19.0 Å². The van der Waals surface area contributed by atoms with Crippen LogP contribution in [0.15, 0.2) is 12.4 Å². The molecule has 0 amide bonds. The van der Waals surface area contributed by atoms with E-state index in [4.69, 9.17) is 4.74 Å². The zero-order chi connectivity index (χ0) is 10.7. The lowest BCUT2D eigenvalue weighted by molar-refractivity contribution is 0.397. The molecular weight excluding hydrogens is 190 g/mol. The first-order valence-corrected chi connectivity index (χ1v) is 5.39. The summed E-state index contributed by atoms with van der Waals surface area (Å²) in [6, 6.07) is 1.82. The summed E-state index contributed by atoms with van der Waals surface area (Å²) in [5.74, 6) is 3.09. The third kappa shape index (κ3) is 2.81. The molecule has 1 aromatic rings. The monoisotopic (exact) mass is 207 g/mol. The minimum absolute atomic E-state index is 0.603. The van der Waals surface area contributed by atoms with Crippen molar-refractivity contribution in [1.82, 2.24) is 9.97 Å². The quantitative estimate of drug-likeness (QED) is 0.801. The second-order valence-electron chi connectivity index (χ2n) is 4.14. The Morgan fingerprint density at radius 1 is 1.53 bits per heavy atom. The van der Waals surface area contributed by atoms with Crippen LogP contribution in [0.25, 0.3) is 0 Å². The minimum Gasteiger partial charge on any atom is -0.481 e. The van der Waals surface area contributed by atoms with Crippen LogP contribution in [0.3, 0.4) is 0 Å². The molecule has 2 rings (SSSR count). The molecule has 1 aliphatic rings. The van der Waals surface area contributed by atoms with E-state index >= 15 is 0 Å². The summed E-state index contributed by atoms with van der Waals surface area (Å²) in [4.78, 5) is 8.10. The van der Waals surface area contributed by atoms with Crippen LogP contribution in [0.5, 0.6) is 5.88 Å². The maximum absolute atomic E-state index is 5.03. The Hall–Kier alpha value is -1.32. The highest BCUT2D eigenvalue weighted by atomic mass is 16.5. The summed E-state index contributed by atoms with van der Waals surface area (Å²) >= 11 is 0. The lowest BCUT2D eigenvalue weighted by atomic mass is 10.1. The number of rotatable bonds is 5. The molecule has 1 heterocycles. The number of anilines is 1. The van der Waals surface area contributed by atoms with Crippen molar-refractivity contribution in [2.24, 2.45) is 11.8 Å². The van der Waals surface area contributed by atoms with E-state index in [1.807, 2.05) is 6.07 Å². The zero-order valence-corrected chi connectivity index (χ0v) is 9.23. The smallest absolute Gasteiger partial charge is 0.218 e. The summed E-state index contributed by atoms with van der Waals surface area (Å²) in [7, 11) is 1.61. The van der Waals surface area contributed by atoms with E-state index in [2.05, 4.69) is 22.2 Å². The van der Waals surface area contributed by atoms with Crippen molar-refractivity contribution in [2.45, 2.75) is 19.8 Å². The topological polar surface area (TPSA) is 47.0 Å². The molecule has 1 saturated carbocycles. The van der Waals surface area contributed by atoms with Crippen LogP contribution in [0, 0.1) is 11.8 Å². The number of hydrogen-bond donors (Lipinski definition) is 1. The van der Waals surface area contributed by atoms with Crippen LogP contribution in [0.4, 0.5) is 5.82 Å². The summed E-state index contributed by atoms with van der Waals surface area (Å²) in [5, 5.41) is 3.31. The van der Waals surface area contributed by atoms with Gasteiger partial charge in [0.05, 0.1) is 7.11 Å². The van der Waals surface area contributed by atoms with Crippen LogP contribution in [0.2, 0.25) is 0 Å². The molecule has 1 fully saturated rings. The molecule has 0 aliphatic heterocycles. The maximum atomic E-state index is 5.03. The SMILES string of the molecule is COc1cc(NCC(C)C2CC2)ncn1. The van der Waals surface area contributed by atoms with Gasteiger partial charge in [-0.25, -0.2) is 9.97 Å². The van der Waals surface area contributed by atoms with Crippen LogP contribution in [-0.2, 0) is 0 Å². The fraction of sp³-hybridized carbons (Fsp3) is 0.636. The molecule has 0 saturated heterocycles. The highest BCUT2D eigenvalue weighted by molar-refractivity contribution is 5.36. The van der Waals surface area contributed by atoms with Crippen molar-refractivity contribution in [3.8, 4) is 5.88 Å². The Bertz CT molecular complexity index is 325. The highest BCUT2D eigenvalue weighted by Crippen LogP contribution is 2.36. The average molecular weight is 207 g/mol. The van der Waals surface area contributed by atoms with E-state index in [0.29, 0.717) is 5.88 Å². The molecule has 82 valence electrons. The van der Waals surface area contributed by atoms with Crippen molar-refractivity contribution < 1.29 is 4.74 Å². The van der Waals surface area contributed by atoms with Crippen LogP contribution in [-0.4, -0.2) is 23.6 Å². The summed E-state index contributed by atoms with van der Waals surface area (Å²) in [5.41, 5.74) is 0. The fourth-order valence-electron chi connectivity index (χ4n) is 1.65. The number of nitrogens with one attached hydrogen (secondary N) is 1. The number of nitrogens with zero attached hydrogens (tertiary/aromatic N) is 2. The van der Waals surface area contributed by atoms with Crippen LogP contribution in [0.1, 0.15) is 19.8 Å². The van der Waals surface area contributed by atoms with Crippen molar-refractivity contribution >= 4 is 5.82 Å². The molecule has 0 aromatic carbocycles. The second-order valence-corrected chi connectivity index (χ2v) is 4.14. The van der Waals surface area contributed by atoms with Gasteiger partial charge in [0.25, 0.3) is 0 Å². The third-order valence-electron chi connectivity index (χ3n) is 2.88. The molecule has 15 heavy (non-hydrogen) atoms. The molecule has 1 aliphatic carbocycles. The normalized spacial score (nSPS) is 17.2. The Kier molecular flexibility index (Phi) is 3.04. The van der Waals surface area contributed by atoms with Gasteiger partial charge in [0.15, 0.2) is 0 Å². The van der Waals surface area contributed by atoms with E-state index in [9.17, 15) is 0 Å². The van der Waals surface area contributed by atoms with Gasteiger partial charge in [-0.3, -0.25) is 0 Å². The van der Waals surface area contributed by atoms with Gasteiger partial charge < -0.3 is 10.1 Å². The summed E-state index contributed by atoms with van der Waals surface area (Å²) in [6.07, 6.45) is 4.29. The number of hydrogen-bond acceptors (Lipinski definition) is 4. The Morgan fingerprint density at radius 2 is 2.33 bits per heavy atom. The molecule has 0 radical (unpaired) electrons. The molecule has 1 atom stereocenters. The lowest BCUT2D eigenvalue weighted by Gasteiger charge is -2.11. The number of methoxy groups -OCH3 is 1. The minimum atomic E-state index is 0.603. The van der Waals surface area contributed by atoms with Gasteiger partial charge in [-0.15, -0.1) is 0 Å². The van der Waals surface area contributed by atoms with Gasteiger partial charge >= 0.3 is 0 Å². The van der Waals surface area contributed by atoms with Gasteiger partial charge in [0.2, 0.25) is 5.88 Å². The van der Waals surface area contributed by atoms with E-state index in [0.717, 1.165) is 24.2 Å². The zero-order valence-electron chi connectivity index (χ0n) is 9.23. The van der Waals surface area contributed by atoms with Crippen LogP contribution >= 0.6 is 0 Å². The molecule has 4 heteroatoms. The highest BCUT2D eigenvalue weighted by Gasteiger charge is 2.27. The number of aromatic nitrogens is 2. The first kappa shape index (κ1) is 10.2. The maximum Gasteiger partial charge on any atom is 0.218 e. The van der Waals surface area contributed by atoms with Crippen molar-refractivity contribution in [1.29, 1.82) is 0 Å². The standard InChI is InChI=1S/C11H17N3O/c1-8(9-3-4-9)6-12-10-5-11(15-2)14-7-13-10/h5,7-9H,3-4,6H2,1-2H3,(H,12,13,14). The largest absolute Gasteiger partial charge is 0.481 e. The molecule has 0 bridgehead atoms. The first-order chi connectivity index (χ1) is 7.29. The van der Waals surface area contributed by atoms with Gasteiger partial charge in [-0.1, -0.05) is 6.92 Å². The molecule has 1 unspecified atom stereocenters. The lowest BCUT2D eigenvalue weighted by Crippen LogP contribution is -2.13. The van der Waals surface area contributed by atoms with Gasteiger partial charge in [-0.05, 0) is 24.7 Å². The van der Waals surface area contributed by atoms with Crippen molar-refractivity contribution in [3.63, 3.8) is 0 Å². The van der Waals surface area contributed by atoms with Crippen molar-refractivity contribution in [3.05, 3.63) is 12.4 Å². The summed E-state index contributed by atoms with van der Waals surface area (Å²) in [6.45, 7) is 3.26. The van der Waals surface area contributed by atoms with Gasteiger partial charge in [0, 0.05) is 12.6 Å². The van der Waals surface area contributed by atoms with E-state index in [1.165, 1.54) is 19.2 Å². The van der Waals surface area contributed by atoms with E-state index in [-0.39, 0.29) is 0 Å². The van der Waals surface area contributed by atoms with E-state index < -0.39 is 0 Å². The predicted molar refractivity (Wildman–Crippen MR) is 59.0 cm³/mol. The fourth-order valence-corrected chi connectivity index (χ4v) is 1.65. The molecule has 1 N–H and O–H groups in total. The first-order valence-electron chi connectivity index (χ1n) is 5.39. The molecule has 1 aromatic heterocycles. The molecular formula is C11H17N3O. The molecule has 4 nitrogen and oxygen atoms in total. The second kappa shape index (κ2) is 4.47. The summed E-state index contributed by atoms with van der Waals surface area (Å²) < 4.78 is 5.03. The Labute approximate surface area is 90.1 Å². The Morgan fingerprint density at radius 3 is 3.00 bits per heavy atom. The average Bonchev–Trinajstić information content (AvgIpc) is 3.10. The molecule has 0 spiro atoms. The van der Waals surface area contributed by atoms with Gasteiger partial charge in [-0.2, -0.15) is 0 Å². The number of ether oxygens (including phenoxy) is 1. The predicted octanol–water partition coefficient (Wildman–Crippen LogP) is 1.94.